The number of ether oxygens (including phenoxy) is 2. The zero-order valence-corrected chi connectivity index (χ0v) is 16.1. The van der Waals surface area contributed by atoms with Gasteiger partial charge in [-0.1, -0.05) is 0 Å². The summed E-state index contributed by atoms with van der Waals surface area (Å²) >= 11 is 0. The summed E-state index contributed by atoms with van der Waals surface area (Å²) in [4.78, 5) is 14.8. The fraction of sp³-hybridized carbons (Fsp3) is 0.238. The van der Waals surface area contributed by atoms with E-state index in [-0.39, 0.29) is 12.5 Å². The highest BCUT2D eigenvalue weighted by atomic mass is 19.4. The van der Waals surface area contributed by atoms with Crippen molar-refractivity contribution in [1.29, 1.82) is 0 Å². The lowest BCUT2D eigenvalue weighted by Gasteiger charge is -2.10. The zero-order chi connectivity index (χ0) is 21.9. The zero-order valence-electron chi connectivity index (χ0n) is 16.1. The Balaban J connectivity index is 1.68. The van der Waals surface area contributed by atoms with E-state index in [0.717, 1.165) is 12.1 Å². The van der Waals surface area contributed by atoms with Crippen LogP contribution in [0.25, 0.3) is 11.5 Å². The van der Waals surface area contributed by atoms with Gasteiger partial charge in [0.15, 0.2) is 12.4 Å². The van der Waals surface area contributed by atoms with Gasteiger partial charge in [-0.25, -0.2) is 9.78 Å². The van der Waals surface area contributed by atoms with Gasteiger partial charge in [0.2, 0.25) is 5.89 Å². The normalized spacial score (nSPS) is 11.4. The van der Waals surface area contributed by atoms with Gasteiger partial charge in [-0.3, -0.25) is 0 Å². The average Bonchev–Trinajstić information content (AvgIpc) is 3.05. The molecule has 0 bridgehead atoms. The van der Waals surface area contributed by atoms with Gasteiger partial charge in [0.05, 0.1) is 11.3 Å². The summed E-state index contributed by atoms with van der Waals surface area (Å²) in [5, 5.41) is 8.67. The fourth-order valence-corrected chi connectivity index (χ4v) is 2.65. The quantitative estimate of drug-likeness (QED) is 0.577. The van der Waals surface area contributed by atoms with E-state index in [1.807, 2.05) is 0 Å². The molecule has 2 aromatic carbocycles. The van der Waals surface area contributed by atoms with Crippen molar-refractivity contribution in [3.05, 3.63) is 65.0 Å². The maximum Gasteiger partial charge on any atom is 0.416 e. The van der Waals surface area contributed by atoms with Crippen molar-refractivity contribution in [1.82, 2.24) is 4.98 Å². The van der Waals surface area contributed by atoms with Crippen LogP contribution in [0.4, 0.5) is 13.2 Å². The average molecular weight is 421 g/mol. The number of alkyl halides is 3. The van der Waals surface area contributed by atoms with Gasteiger partial charge < -0.3 is 19.0 Å². The second-order valence-corrected chi connectivity index (χ2v) is 6.50. The monoisotopic (exact) mass is 421 g/mol. The van der Waals surface area contributed by atoms with Crippen LogP contribution in [0.15, 0.2) is 46.9 Å². The summed E-state index contributed by atoms with van der Waals surface area (Å²) < 4.78 is 54.6. The molecule has 0 aliphatic rings. The van der Waals surface area contributed by atoms with Crippen molar-refractivity contribution in [3.8, 4) is 23.0 Å². The number of carboxylic acid groups (broad SMARTS) is 1. The number of benzene rings is 2. The van der Waals surface area contributed by atoms with Gasteiger partial charge in [-0.2, -0.15) is 13.2 Å². The van der Waals surface area contributed by atoms with E-state index < -0.39 is 24.3 Å². The first kappa shape index (κ1) is 21.2. The largest absolute Gasteiger partial charge is 0.486 e. The number of oxazole rings is 1. The Morgan fingerprint density at radius 2 is 1.80 bits per heavy atom. The Labute approximate surface area is 169 Å². The Morgan fingerprint density at radius 1 is 1.10 bits per heavy atom. The van der Waals surface area contributed by atoms with Crippen molar-refractivity contribution in [2.75, 3.05) is 6.61 Å². The van der Waals surface area contributed by atoms with E-state index >= 15 is 0 Å². The molecule has 9 heteroatoms. The van der Waals surface area contributed by atoms with Gasteiger partial charge in [-0.15, -0.1) is 0 Å². The van der Waals surface area contributed by atoms with E-state index in [1.165, 1.54) is 12.1 Å². The number of rotatable bonds is 7. The van der Waals surface area contributed by atoms with Gasteiger partial charge in [-0.05, 0) is 61.9 Å². The van der Waals surface area contributed by atoms with Crippen LogP contribution in [-0.2, 0) is 17.6 Å². The minimum atomic E-state index is -4.41. The summed E-state index contributed by atoms with van der Waals surface area (Å²) in [7, 11) is 0. The number of carbonyl (C=O) groups is 1. The number of hydrogen-bond acceptors (Lipinski definition) is 5. The van der Waals surface area contributed by atoms with Crippen molar-refractivity contribution < 1.29 is 37.0 Å². The summed E-state index contributed by atoms with van der Waals surface area (Å²) in [6.07, 6.45) is -4.41. The third-order valence-electron chi connectivity index (χ3n) is 4.22. The Bertz CT molecular complexity index is 1040. The molecule has 0 saturated carbocycles. The predicted molar refractivity (Wildman–Crippen MR) is 100 cm³/mol. The molecule has 1 N–H and O–H groups in total. The molecular formula is C21H18F3NO5. The fourth-order valence-electron chi connectivity index (χ4n) is 2.65. The molecule has 0 saturated heterocycles. The molecule has 30 heavy (non-hydrogen) atoms. The highest BCUT2D eigenvalue weighted by Gasteiger charge is 2.30. The lowest BCUT2D eigenvalue weighted by molar-refractivity contribution is -0.139. The van der Waals surface area contributed by atoms with Crippen LogP contribution < -0.4 is 9.47 Å². The van der Waals surface area contributed by atoms with Crippen LogP contribution in [-0.4, -0.2) is 22.7 Å². The number of aliphatic carboxylic acids is 1. The van der Waals surface area contributed by atoms with Crippen molar-refractivity contribution in [2.45, 2.75) is 26.6 Å². The smallest absolute Gasteiger partial charge is 0.416 e. The first-order valence-corrected chi connectivity index (χ1v) is 8.85. The lowest BCUT2D eigenvalue weighted by atomic mass is 10.1. The second-order valence-electron chi connectivity index (χ2n) is 6.50. The molecule has 6 nitrogen and oxygen atoms in total. The van der Waals surface area contributed by atoms with Crippen LogP contribution in [0.1, 0.15) is 22.6 Å². The molecule has 0 unspecified atom stereocenters. The van der Waals surface area contributed by atoms with Crippen LogP contribution in [0.5, 0.6) is 11.5 Å². The summed E-state index contributed by atoms with van der Waals surface area (Å²) in [6.45, 7) is 3.09. The van der Waals surface area contributed by atoms with E-state index in [1.54, 1.807) is 32.0 Å². The van der Waals surface area contributed by atoms with E-state index in [4.69, 9.17) is 19.0 Å². The number of hydrogen-bond donors (Lipinski definition) is 1. The van der Waals surface area contributed by atoms with Crippen LogP contribution in [0.2, 0.25) is 0 Å². The molecule has 0 amide bonds. The highest BCUT2D eigenvalue weighted by molar-refractivity contribution is 5.68. The second kappa shape index (κ2) is 8.48. The number of halogens is 3. The van der Waals surface area contributed by atoms with Gasteiger partial charge >= 0.3 is 12.1 Å². The topological polar surface area (TPSA) is 81.8 Å². The molecule has 158 valence electrons. The summed E-state index contributed by atoms with van der Waals surface area (Å²) in [6, 6.07) is 9.49. The van der Waals surface area contributed by atoms with Crippen LogP contribution >= 0.6 is 0 Å². The number of nitrogens with zero attached hydrogens (tertiary/aromatic N) is 1. The first-order chi connectivity index (χ1) is 14.1. The Kier molecular flexibility index (Phi) is 6.00. The highest BCUT2D eigenvalue weighted by Crippen LogP contribution is 2.31. The number of aryl methyl sites for hydroxylation is 2. The van der Waals surface area contributed by atoms with E-state index in [0.29, 0.717) is 34.1 Å². The minimum Gasteiger partial charge on any atom is -0.486 e. The van der Waals surface area contributed by atoms with E-state index in [9.17, 15) is 18.0 Å². The predicted octanol–water partition coefficient (Wildman–Crippen LogP) is 5.02. The molecule has 3 aromatic rings. The third-order valence-corrected chi connectivity index (χ3v) is 4.22. The minimum absolute atomic E-state index is 0.0637. The van der Waals surface area contributed by atoms with Gasteiger partial charge in [0.25, 0.3) is 0 Å². The van der Waals surface area contributed by atoms with Crippen molar-refractivity contribution in [3.63, 3.8) is 0 Å². The van der Waals surface area contributed by atoms with Gasteiger partial charge in [0, 0.05) is 5.56 Å². The molecule has 0 radical (unpaired) electrons. The first-order valence-electron chi connectivity index (χ1n) is 8.85. The molecule has 1 heterocycles. The lowest BCUT2D eigenvalue weighted by Crippen LogP contribution is -2.10. The number of aromatic nitrogens is 1. The molecule has 0 aliphatic carbocycles. The third kappa shape index (κ3) is 5.11. The maximum absolute atomic E-state index is 12.7. The SMILES string of the molecule is Cc1cc(OCc2oc(-c3ccc(C(F)(F)F)cc3)nc2C)ccc1OCC(=O)O. The van der Waals surface area contributed by atoms with E-state index in [2.05, 4.69) is 4.98 Å². The molecular weight excluding hydrogens is 403 g/mol. The Hall–Kier alpha value is -3.49. The summed E-state index contributed by atoms with van der Waals surface area (Å²) in [5.74, 6) is 0.522. The molecule has 0 fully saturated rings. The Morgan fingerprint density at radius 3 is 2.40 bits per heavy atom. The summed E-state index contributed by atoms with van der Waals surface area (Å²) in [5.41, 5.74) is 0.939. The van der Waals surface area contributed by atoms with Gasteiger partial charge in [0.1, 0.15) is 18.1 Å². The number of carboxylic acids is 1. The molecule has 0 spiro atoms. The molecule has 0 atom stereocenters. The van der Waals surface area contributed by atoms with Crippen molar-refractivity contribution in [2.24, 2.45) is 0 Å². The maximum atomic E-state index is 12.7. The standard InChI is InChI=1S/C21H18F3NO5/c1-12-9-16(7-8-17(12)29-11-19(26)27)28-10-18-13(2)25-20(30-18)14-3-5-15(6-4-14)21(22,23)24/h3-9H,10-11H2,1-2H3,(H,26,27). The van der Waals surface area contributed by atoms with Crippen molar-refractivity contribution >= 4 is 5.97 Å². The molecule has 0 aliphatic heterocycles. The molecule has 1 aromatic heterocycles. The molecule has 3 rings (SSSR count). The van der Waals surface area contributed by atoms with Crippen LogP contribution in [0, 0.1) is 13.8 Å². The van der Waals surface area contributed by atoms with Crippen LogP contribution in [0.3, 0.4) is 0 Å².